The van der Waals surface area contributed by atoms with E-state index in [9.17, 15) is 19.8 Å². The Morgan fingerprint density at radius 3 is 2.63 bits per heavy atom. The first-order valence-electron chi connectivity index (χ1n) is 12.6. The molecule has 1 saturated heterocycles. The van der Waals surface area contributed by atoms with E-state index in [0.717, 1.165) is 67.5 Å². The fourth-order valence-corrected chi connectivity index (χ4v) is 5.36. The van der Waals surface area contributed by atoms with E-state index in [1.807, 2.05) is 35.2 Å². The van der Waals surface area contributed by atoms with Crippen LogP contribution in [0.25, 0.3) is 0 Å². The monoisotopic (exact) mass is 503 g/mol. The molecule has 7 nitrogen and oxygen atoms in total. The molecule has 2 aromatic rings. The number of carbonyl (C=O) groups is 2. The summed E-state index contributed by atoms with van der Waals surface area (Å²) in [5.74, 6) is -0.363. The second kappa shape index (κ2) is 13.7. The van der Waals surface area contributed by atoms with Crippen LogP contribution in [0.1, 0.15) is 84.5 Å². The van der Waals surface area contributed by atoms with Crippen molar-refractivity contribution in [2.45, 2.75) is 83.0 Å². The fraction of sp³-hybridized carbons (Fsp3) is 0.556. The highest BCUT2D eigenvalue weighted by Gasteiger charge is 2.31. The Kier molecular flexibility index (Phi) is 10.7. The van der Waals surface area contributed by atoms with Crippen molar-refractivity contribution in [3.8, 4) is 0 Å². The first-order valence-corrected chi connectivity index (χ1v) is 13.4. The number of amides is 1. The number of ether oxygens (including phenoxy) is 1. The lowest BCUT2D eigenvalue weighted by Crippen LogP contribution is -2.32. The molecule has 1 aromatic heterocycles. The van der Waals surface area contributed by atoms with Crippen molar-refractivity contribution in [3.63, 3.8) is 0 Å². The number of rotatable bonds is 14. The van der Waals surface area contributed by atoms with Gasteiger partial charge in [0.2, 0.25) is 5.91 Å². The number of hydrogen-bond donors (Lipinski definition) is 3. The Bertz CT molecular complexity index is 943. The van der Waals surface area contributed by atoms with Crippen molar-refractivity contribution < 1.29 is 29.6 Å². The summed E-state index contributed by atoms with van der Waals surface area (Å²) < 4.78 is 5.00. The van der Waals surface area contributed by atoms with Crippen molar-refractivity contribution in [2.24, 2.45) is 0 Å². The van der Waals surface area contributed by atoms with Crippen LogP contribution in [0, 0.1) is 0 Å². The number of aryl methyl sites for hydroxylation is 1. The van der Waals surface area contributed by atoms with Crippen molar-refractivity contribution in [2.75, 3.05) is 18.1 Å². The molecule has 8 heteroatoms. The van der Waals surface area contributed by atoms with Crippen LogP contribution in [0.3, 0.4) is 0 Å². The summed E-state index contributed by atoms with van der Waals surface area (Å²) in [6, 6.07) is 11.5. The molecule has 1 amide bonds. The van der Waals surface area contributed by atoms with Crippen LogP contribution in [0.15, 0.2) is 36.4 Å². The van der Waals surface area contributed by atoms with Crippen molar-refractivity contribution in [3.05, 3.63) is 51.7 Å². The highest BCUT2D eigenvalue weighted by Crippen LogP contribution is 2.31. The third-order valence-electron chi connectivity index (χ3n) is 6.40. The van der Waals surface area contributed by atoms with Crippen LogP contribution in [0.4, 0.5) is 5.69 Å². The van der Waals surface area contributed by atoms with E-state index in [1.165, 1.54) is 11.3 Å². The van der Waals surface area contributed by atoms with Crippen LogP contribution in [-0.2, 0) is 16.0 Å². The van der Waals surface area contributed by atoms with Crippen LogP contribution in [0.2, 0.25) is 0 Å². The Balaban J connectivity index is 1.50. The number of unbranched alkanes of at least 4 members (excludes halogenated alkanes) is 2. The zero-order valence-corrected chi connectivity index (χ0v) is 21.2. The minimum absolute atomic E-state index is 0.137. The number of hydrogen-bond acceptors (Lipinski definition) is 7. The van der Waals surface area contributed by atoms with Gasteiger partial charge in [-0.25, -0.2) is 4.79 Å². The van der Waals surface area contributed by atoms with Crippen LogP contribution in [-0.4, -0.2) is 52.6 Å². The third-order valence-corrected chi connectivity index (χ3v) is 7.53. The molecule has 3 rings (SSSR count). The maximum Gasteiger partial charge on any atom is 0.348 e. The lowest BCUT2D eigenvalue weighted by atomic mass is 10.0. The number of esters is 1. The molecule has 2 heterocycles. The van der Waals surface area contributed by atoms with Crippen molar-refractivity contribution >= 4 is 28.9 Å². The van der Waals surface area contributed by atoms with E-state index < -0.39 is 24.8 Å². The van der Waals surface area contributed by atoms with Gasteiger partial charge in [0.15, 0.2) is 0 Å². The van der Waals surface area contributed by atoms with Crippen LogP contribution < -0.4 is 4.90 Å². The number of aliphatic hydroxyl groups is 3. The van der Waals surface area contributed by atoms with Gasteiger partial charge in [-0.1, -0.05) is 38.3 Å². The zero-order valence-electron chi connectivity index (χ0n) is 20.4. The summed E-state index contributed by atoms with van der Waals surface area (Å²) >= 11 is 1.37. The van der Waals surface area contributed by atoms with E-state index in [1.54, 1.807) is 6.07 Å². The van der Waals surface area contributed by atoms with Crippen molar-refractivity contribution in [1.29, 1.82) is 0 Å². The molecule has 1 aromatic carbocycles. The summed E-state index contributed by atoms with van der Waals surface area (Å²) in [6.07, 6.45) is 6.40. The van der Waals surface area contributed by atoms with Gasteiger partial charge in [0.25, 0.3) is 0 Å². The quantitative estimate of drug-likeness (QED) is 0.261. The average Bonchev–Trinajstić information content (AvgIpc) is 3.49. The summed E-state index contributed by atoms with van der Waals surface area (Å²) in [5.41, 5.74) is 1.78. The number of benzene rings is 1. The molecule has 0 radical (unpaired) electrons. The maximum atomic E-state index is 12.6. The second-order valence-electron chi connectivity index (χ2n) is 9.15. The molecule has 0 bridgehead atoms. The second-order valence-corrected chi connectivity index (χ2v) is 10.3. The maximum absolute atomic E-state index is 12.6. The Morgan fingerprint density at radius 2 is 1.91 bits per heavy atom. The van der Waals surface area contributed by atoms with E-state index in [0.29, 0.717) is 11.3 Å². The molecular formula is C27H37NO6S. The standard InChI is InChI=1S/C27H37NO6S/c1-2-3-4-8-24(31)19-9-11-21(12-10-19)28-20(13-16-26(28)32)6-5-7-23-14-15-25(35-23)27(33)34-18-22(30)17-29/h9-12,14-15,20,22,24,29-31H,2-8,13,16-18H2,1H3/t20-,22?,24?/m0/s1. The third kappa shape index (κ3) is 7.87. The van der Waals surface area contributed by atoms with E-state index in [2.05, 4.69) is 6.92 Å². The number of aliphatic hydroxyl groups excluding tert-OH is 3. The number of carbonyl (C=O) groups excluding carboxylic acids is 2. The Hall–Kier alpha value is -2.26. The van der Waals surface area contributed by atoms with E-state index in [-0.39, 0.29) is 18.6 Å². The largest absolute Gasteiger partial charge is 0.459 e. The Morgan fingerprint density at radius 1 is 1.14 bits per heavy atom. The Labute approximate surface area is 211 Å². The van der Waals surface area contributed by atoms with Gasteiger partial charge in [-0.2, -0.15) is 0 Å². The molecular weight excluding hydrogens is 466 g/mol. The molecule has 35 heavy (non-hydrogen) atoms. The van der Waals surface area contributed by atoms with Gasteiger partial charge in [0, 0.05) is 23.0 Å². The van der Waals surface area contributed by atoms with Gasteiger partial charge < -0.3 is 25.0 Å². The number of thiophene rings is 1. The molecule has 2 unspecified atom stereocenters. The molecule has 192 valence electrons. The first-order chi connectivity index (χ1) is 16.9. The predicted molar refractivity (Wildman–Crippen MR) is 137 cm³/mol. The smallest absolute Gasteiger partial charge is 0.348 e. The molecule has 1 fully saturated rings. The number of nitrogens with zero attached hydrogens (tertiary/aromatic N) is 1. The molecule has 1 aliphatic rings. The molecule has 0 spiro atoms. The minimum Gasteiger partial charge on any atom is -0.459 e. The van der Waals surface area contributed by atoms with E-state index in [4.69, 9.17) is 9.84 Å². The van der Waals surface area contributed by atoms with E-state index >= 15 is 0 Å². The number of anilines is 1. The molecule has 0 aliphatic carbocycles. The SMILES string of the molecule is CCCCCC(O)c1ccc(N2C(=O)CC[C@@H]2CCCc2ccc(C(=O)OCC(O)CO)s2)cc1. The topological polar surface area (TPSA) is 107 Å². The summed E-state index contributed by atoms with van der Waals surface area (Å²) in [5, 5.41) is 28.5. The van der Waals surface area contributed by atoms with Crippen LogP contribution >= 0.6 is 11.3 Å². The molecule has 1 aliphatic heterocycles. The van der Waals surface area contributed by atoms with Gasteiger partial charge in [-0.3, -0.25) is 4.79 Å². The predicted octanol–water partition coefficient (Wildman–Crippen LogP) is 4.39. The van der Waals surface area contributed by atoms with Gasteiger partial charge >= 0.3 is 5.97 Å². The molecule has 0 saturated carbocycles. The summed E-state index contributed by atoms with van der Waals surface area (Å²) in [4.78, 5) is 28.1. The van der Waals surface area contributed by atoms with Crippen molar-refractivity contribution in [1.82, 2.24) is 0 Å². The van der Waals surface area contributed by atoms with Gasteiger partial charge in [0.05, 0.1) is 12.7 Å². The van der Waals surface area contributed by atoms with Crippen LogP contribution in [0.5, 0.6) is 0 Å². The lowest BCUT2D eigenvalue weighted by Gasteiger charge is -2.25. The minimum atomic E-state index is -1.07. The lowest BCUT2D eigenvalue weighted by molar-refractivity contribution is -0.117. The van der Waals surface area contributed by atoms with Gasteiger partial charge in [-0.05, 0) is 61.9 Å². The zero-order chi connectivity index (χ0) is 25.2. The average molecular weight is 504 g/mol. The fourth-order valence-electron chi connectivity index (χ4n) is 4.41. The highest BCUT2D eigenvalue weighted by atomic mass is 32.1. The van der Waals surface area contributed by atoms with Gasteiger partial charge in [0.1, 0.15) is 17.6 Å². The first kappa shape index (κ1) is 27.3. The van der Waals surface area contributed by atoms with Gasteiger partial charge in [-0.15, -0.1) is 11.3 Å². The normalized spacial score (nSPS) is 17.5. The summed E-state index contributed by atoms with van der Waals surface area (Å²) in [6.45, 7) is 1.47. The highest BCUT2D eigenvalue weighted by molar-refractivity contribution is 7.13. The molecule has 3 N–H and O–H groups in total. The molecule has 3 atom stereocenters. The summed E-state index contributed by atoms with van der Waals surface area (Å²) in [7, 11) is 0.